The highest BCUT2D eigenvalue weighted by atomic mass is 16.3. The molecule has 0 spiro atoms. The monoisotopic (exact) mass is 115 g/mol. The molecule has 1 heterocycles. The number of nitrogens with one attached hydrogen (secondary N) is 1. The maximum atomic E-state index is 8.63. The molecule has 8 heavy (non-hydrogen) atoms. The molecule has 1 saturated heterocycles. The molecule has 1 saturated carbocycles. The number of hydrogen-bond acceptors (Lipinski definition) is 3. The SMILES string of the molecule is OCC12CC1(CO)N2. The summed E-state index contributed by atoms with van der Waals surface area (Å²) in [6.45, 7) is 0.348. The normalized spacial score (nSPS) is 57.8. The Morgan fingerprint density at radius 3 is 1.75 bits per heavy atom. The minimum Gasteiger partial charge on any atom is -0.394 e. The van der Waals surface area contributed by atoms with E-state index in [1.54, 1.807) is 0 Å². The molecule has 1 aliphatic heterocycles. The molecule has 0 aromatic rings. The molecule has 0 radical (unpaired) electrons. The van der Waals surface area contributed by atoms with Crippen LogP contribution in [-0.4, -0.2) is 34.5 Å². The first-order chi connectivity index (χ1) is 3.79. The van der Waals surface area contributed by atoms with Crippen molar-refractivity contribution < 1.29 is 10.2 Å². The molecule has 0 aromatic carbocycles. The maximum absolute atomic E-state index is 8.63. The van der Waals surface area contributed by atoms with E-state index in [4.69, 9.17) is 10.2 Å². The Hall–Kier alpha value is -0.120. The fourth-order valence-corrected chi connectivity index (χ4v) is 1.37. The summed E-state index contributed by atoms with van der Waals surface area (Å²) in [6.07, 6.45) is 0.951. The van der Waals surface area contributed by atoms with Crippen molar-refractivity contribution in [2.24, 2.45) is 0 Å². The molecule has 0 bridgehead atoms. The molecule has 46 valence electrons. The summed E-state index contributed by atoms with van der Waals surface area (Å²) >= 11 is 0. The maximum Gasteiger partial charge on any atom is 0.0646 e. The van der Waals surface area contributed by atoms with E-state index in [9.17, 15) is 0 Å². The smallest absolute Gasteiger partial charge is 0.0646 e. The van der Waals surface area contributed by atoms with Gasteiger partial charge in [0.05, 0.1) is 24.3 Å². The van der Waals surface area contributed by atoms with Crippen LogP contribution in [0, 0.1) is 0 Å². The molecule has 2 fully saturated rings. The Balaban J connectivity index is 2.04. The number of aliphatic hydroxyl groups is 2. The standard InChI is InChI=1S/C5H9NO2/c7-2-4-1-5(4,3-8)6-4/h6-8H,1-3H2. The van der Waals surface area contributed by atoms with E-state index < -0.39 is 0 Å². The molecule has 2 aliphatic rings. The first-order valence-corrected chi connectivity index (χ1v) is 2.80. The van der Waals surface area contributed by atoms with Gasteiger partial charge in [0.15, 0.2) is 0 Å². The van der Waals surface area contributed by atoms with E-state index >= 15 is 0 Å². The largest absolute Gasteiger partial charge is 0.394 e. The zero-order valence-electron chi connectivity index (χ0n) is 4.52. The van der Waals surface area contributed by atoms with Crippen molar-refractivity contribution in [2.45, 2.75) is 17.5 Å². The Morgan fingerprint density at radius 2 is 1.62 bits per heavy atom. The van der Waals surface area contributed by atoms with Crippen molar-refractivity contribution in [2.75, 3.05) is 13.2 Å². The first kappa shape index (κ1) is 4.73. The van der Waals surface area contributed by atoms with Crippen LogP contribution in [0.3, 0.4) is 0 Å². The lowest BCUT2D eigenvalue weighted by Gasteiger charge is -1.93. The zero-order valence-corrected chi connectivity index (χ0v) is 4.52. The molecule has 3 heteroatoms. The quantitative estimate of drug-likeness (QED) is 0.382. The summed E-state index contributed by atoms with van der Waals surface area (Å²) in [7, 11) is 0. The summed E-state index contributed by atoms with van der Waals surface area (Å²) < 4.78 is 0. The van der Waals surface area contributed by atoms with Gasteiger partial charge in [-0.3, -0.25) is 5.32 Å². The Morgan fingerprint density at radius 1 is 1.25 bits per heavy atom. The minimum atomic E-state index is -0.0399. The van der Waals surface area contributed by atoms with Gasteiger partial charge in [0.2, 0.25) is 0 Å². The van der Waals surface area contributed by atoms with Crippen molar-refractivity contribution in [1.82, 2.24) is 5.32 Å². The van der Waals surface area contributed by atoms with Crippen LogP contribution in [0.2, 0.25) is 0 Å². The Labute approximate surface area is 47.3 Å². The number of fused-ring (bicyclic) bond motifs is 1. The lowest BCUT2D eigenvalue weighted by Crippen LogP contribution is -2.16. The predicted molar refractivity (Wildman–Crippen MR) is 27.4 cm³/mol. The number of hydrogen-bond donors (Lipinski definition) is 3. The van der Waals surface area contributed by atoms with Gasteiger partial charge in [-0.05, 0) is 6.42 Å². The van der Waals surface area contributed by atoms with Gasteiger partial charge in [-0.2, -0.15) is 0 Å². The van der Waals surface area contributed by atoms with Crippen molar-refractivity contribution >= 4 is 0 Å². The minimum absolute atomic E-state index is 0.0399. The average Bonchev–Trinajstić information content (AvgIpc) is 2.48. The van der Waals surface area contributed by atoms with E-state index in [1.165, 1.54) is 0 Å². The van der Waals surface area contributed by atoms with E-state index in [1.807, 2.05) is 0 Å². The fourth-order valence-electron chi connectivity index (χ4n) is 1.37. The van der Waals surface area contributed by atoms with Gasteiger partial charge >= 0.3 is 0 Å². The first-order valence-electron chi connectivity index (χ1n) is 2.80. The lowest BCUT2D eigenvalue weighted by molar-refractivity contribution is 0.269. The molecule has 1 aliphatic carbocycles. The topological polar surface area (TPSA) is 62.4 Å². The highest BCUT2D eigenvalue weighted by Gasteiger charge is 2.82. The lowest BCUT2D eigenvalue weighted by atomic mass is 10.3. The van der Waals surface area contributed by atoms with Gasteiger partial charge in [-0.25, -0.2) is 0 Å². The fraction of sp³-hybridized carbons (Fsp3) is 1.00. The van der Waals surface area contributed by atoms with Crippen molar-refractivity contribution in [3.63, 3.8) is 0 Å². The second kappa shape index (κ2) is 0.943. The van der Waals surface area contributed by atoms with Crippen LogP contribution >= 0.6 is 0 Å². The summed E-state index contributed by atoms with van der Waals surface area (Å²) in [6, 6.07) is 0. The summed E-state index contributed by atoms with van der Waals surface area (Å²) in [5.74, 6) is 0. The summed E-state index contributed by atoms with van der Waals surface area (Å²) in [5, 5.41) is 20.3. The Kier molecular flexibility index (Phi) is 0.558. The van der Waals surface area contributed by atoms with E-state index in [0.717, 1.165) is 6.42 Å². The average molecular weight is 115 g/mol. The Bertz CT molecular complexity index is 114. The van der Waals surface area contributed by atoms with E-state index in [2.05, 4.69) is 5.32 Å². The van der Waals surface area contributed by atoms with Crippen molar-refractivity contribution in [3.05, 3.63) is 0 Å². The third-order valence-corrected chi connectivity index (χ3v) is 2.35. The van der Waals surface area contributed by atoms with Gasteiger partial charge in [0.25, 0.3) is 0 Å². The highest BCUT2D eigenvalue weighted by Crippen LogP contribution is 2.61. The van der Waals surface area contributed by atoms with Gasteiger partial charge < -0.3 is 10.2 Å². The van der Waals surface area contributed by atoms with Crippen LogP contribution in [0.4, 0.5) is 0 Å². The number of rotatable bonds is 2. The molecular weight excluding hydrogens is 106 g/mol. The zero-order chi connectivity index (χ0) is 5.83. The molecule has 2 atom stereocenters. The van der Waals surface area contributed by atoms with Crippen molar-refractivity contribution in [3.8, 4) is 0 Å². The van der Waals surface area contributed by atoms with Gasteiger partial charge in [-0.1, -0.05) is 0 Å². The summed E-state index contributed by atoms with van der Waals surface area (Å²) in [5.41, 5.74) is -0.0799. The van der Waals surface area contributed by atoms with Crippen molar-refractivity contribution in [1.29, 1.82) is 0 Å². The van der Waals surface area contributed by atoms with Crippen LogP contribution in [0.15, 0.2) is 0 Å². The van der Waals surface area contributed by atoms with Crippen LogP contribution in [-0.2, 0) is 0 Å². The van der Waals surface area contributed by atoms with E-state index in [-0.39, 0.29) is 24.3 Å². The second-order valence-electron chi connectivity index (χ2n) is 2.78. The molecule has 3 N–H and O–H groups in total. The van der Waals surface area contributed by atoms with E-state index in [0.29, 0.717) is 0 Å². The third kappa shape index (κ3) is 0.267. The third-order valence-electron chi connectivity index (χ3n) is 2.35. The van der Waals surface area contributed by atoms with Crippen LogP contribution in [0.1, 0.15) is 6.42 Å². The van der Waals surface area contributed by atoms with Crippen LogP contribution in [0.25, 0.3) is 0 Å². The second-order valence-corrected chi connectivity index (χ2v) is 2.78. The predicted octanol–water partition coefficient (Wildman–Crippen LogP) is -1.54. The molecule has 0 aromatic heterocycles. The molecule has 0 amide bonds. The highest BCUT2D eigenvalue weighted by molar-refractivity contribution is 5.44. The molecule has 2 rings (SSSR count). The number of aliphatic hydroxyl groups excluding tert-OH is 2. The van der Waals surface area contributed by atoms with Crippen LogP contribution < -0.4 is 5.32 Å². The van der Waals surface area contributed by atoms with Gasteiger partial charge in [-0.15, -0.1) is 0 Å². The summed E-state index contributed by atoms with van der Waals surface area (Å²) in [4.78, 5) is 0. The van der Waals surface area contributed by atoms with Gasteiger partial charge in [0.1, 0.15) is 0 Å². The van der Waals surface area contributed by atoms with Gasteiger partial charge in [0, 0.05) is 0 Å². The van der Waals surface area contributed by atoms with Crippen LogP contribution in [0.5, 0.6) is 0 Å². The molecule has 3 nitrogen and oxygen atoms in total. The molecular formula is C5H9NO2. The molecule has 2 unspecified atom stereocenters.